The van der Waals surface area contributed by atoms with Crippen molar-refractivity contribution in [2.24, 2.45) is 0 Å². The molecule has 2 nitrogen and oxygen atoms in total. The number of benzene rings is 1. The van der Waals surface area contributed by atoms with Gasteiger partial charge in [0.15, 0.2) is 0 Å². The molecule has 0 bridgehead atoms. The molecule has 18 heavy (non-hydrogen) atoms. The Morgan fingerprint density at radius 2 is 2.11 bits per heavy atom. The SMILES string of the molecule is CSC1(CNc2ccc(C#N)c(C)c2)CCCC1. The van der Waals surface area contributed by atoms with Gasteiger partial charge < -0.3 is 5.32 Å². The van der Waals surface area contributed by atoms with Crippen molar-refractivity contribution >= 4 is 17.4 Å². The molecule has 1 aliphatic rings. The van der Waals surface area contributed by atoms with E-state index in [1.807, 2.05) is 30.8 Å². The van der Waals surface area contributed by atoms with Gasteiger partial charge in [0.05, 0.1) is 11.6 Å². The molecule has 1 aromatic carbocycles. The maximum absolute atomic E-state index is 8.92. The maximum Gasteiger partial charge on any atom is 0.0994 e. The van der Waals surface area contributed by atoms with Crippen molar-refractivity contribution in [2.45, 2.75) is 37.4 Å². The van der Waals surface area contributed by atoms with E-state index in [1.54, 1.807) is 0 Å². The number of hydrogen-bond donors (Lipinski definition) is 1. The highest BCUT2D eigenvalue weighted by Gasteiger charge is 2.32. The van der Waals surface area contributed by atoms with Crippen LogP contribution in [0.2, 0.25) is 0 Å². The lowest BCUT2D eigenvalue weighted by atomic mass is 10.1. The van der Waals surface area contributed by atoms with Crippen LogP contribution >= 0.6 is 11.8 Å². The minimum Gasteiger partial charge on any atom is -0.384 e. The lowest BCUT2D eigenvalue weighted by Crippen LogP contribution is -2.30. The zero-order valence-corrected chi connectivity index (χ0v) is 11.9. The van der Waals surface area contributed by atoms with Crippen LogP contribution in [0.15, 0.2) is 18.2 Å². The molecule has 0 spiro atoms. The molecular weight excluding hydrogens is 240 g/mol. The van der Waals surface area contributed by atoms with Crippen LogP contribution in [0, 0.1) is 18.3 Å². The molecule has 0 aromatic heterocycles. The van der Waals surface area contributed by atoms with Crippen LogP contribution in [0.4, 0.5) is 5.69 Å². The van der Waals surface area contributed by atoms with Crippen LogP contribution in [-0.2, 0) is 0 Å². The highest BCUT2D eigenvalue weighted by molar-refractivity contribution is 8.00. The normalized spacial score (nSPS) is 17.4. The van der Waals surface area contributed by atoms with Crippen LogP contribution in [-0.4, -0.2) is 17.5 Å². The van der Waals surface area contributed by atoms with Gasteiger partial charge in [-0.05, 0) is 49.8 Å². The van der Waals surface area contributed by atoms with Crippen molar-refractivity contribution in [2.75, 3.05) is 18.1 Å². The third kappa shape index (κ3) is 2.81. The lowest BCUT2D eigenvalue weighted by molar-refractivity contribution is 0.640. The zero-order valence-electron chi connectivity index (χ0n) is 11.1. The van der Waals surface area contributed by atoms with E-state index in [0.717, 1.165) is 23.4 Å². The average molecular weight is 260 g/mol. The summed E-state index contributed by atoms with van der Waals surface area (Å²) in [6, 6.07) is 8.19. The summed E-state index contributed by atoms with van der Waals surface area (Å²) >= 11 is 2.00. The van der Waals surface area contributed by atoms with Gasteiger partial charge in [-0.1, -0.05) is 12.8 Å². The molecule has 1 saturated carbocycles. The predicted molar refractivity (Wildman–Crippen MR) is 79.1 cm³/mol. The monoisotopic (exact) mass is 260 g/mol. The molecule has 0 atom stereocenters. The first-order chi connectivity index (χ1) is 8.69. The molecule has 3 heteroatoms. The van der Waals surface area contributed by atoms with E-state index < -0.39 is 0 Å². The van der Waals surface area contributed by atoms with Gasteiger partial charge in [0.1, 0.15) is 0 Å². The Morgan fingerprint density at radius 3 is 2.67 bits per heavy atom. The second kappa shape index (κ2) is 5.67. The van der Waals surface area contributed by atoms with Crippen molar-refractivity contribution in [3.05, 3.63) is 29.3 Å². The number of anilines is 1. The first kappa shape index (κ1) is 13.3. The second-order valence-electron chi connectivity index (χ2n) is 5.09. The molecule has 0 heterocycles. The van der Waals surface area contributed by atoms with Gasteiger partial charge in [0.2, 0.25) is 0 Å². The molecule has 0 amide bonds. The van der Waals surface area contributed by atoms with Gasteiger partial charge in [-0.2, -0.15) is 17.0 Å². The van der Waals surface area contributed by atoms with E-state index in [2.05, 4.69) is 23.7 Å². The Hall–Kier alpha value is -1.14. The van der Waals surface area contributed by atoms with Crippen molar-refractivity contribution in [3.8, 4) is 6.07 Å². The fourth-order valence-corrected chi connectivity index (χ4v) is 3.55. The van der Waals surface area contributed by atoms with Gasteiger partial charge >= 0.3 is 0 Å². The summed E-state index contributed by atoms with van der Waals surface area (Å²) < 4.78 is 0.418. The van der Waals surface area contributed by atoms with Gasteiger partial charge in [0, 0.05) is 17.0 Å². The molecule has 96 valence electrons. The van der Waals surface area contributed by atoms with Crippen molar-refractivity contribution in [1.82, 2.24) is 0 Å². The Morgan fingerprint density at radius 1 is 1.39 bits per heavy atom. The quantitative estimate of drug-likeness (QED) is 0.890. The molecule has 0 radical (unpaired) electrons. The summed E-state index contributed by atoms with van der Waals surface area (Å²) in [6.07, 6.45) is 7.56. The fourth-order valence-electron chi connectivity index (χ4n) is 2.63. The molecular formula is C15H20N2S. The van der Waals surface area contributed by atoms with E-state index in [-0.39, 0.29) is 0 Å². The van der Waals surface area contributed by atoms with Gasteiger partial charge in [0.25, 0.3) is 0 Å². The van der Waals surface area contributed by atoms with Crippen LogP contribution < -0.4 is 5.32 Å². The van der Waals surface area contributed by atoms with E-state index in [4.69, 9.17) is 5.26 Å². The van der Waals surface area contributed by atoms with Crippen molar-refractivity contribution in [3.63, 3.8) is 0 Å². The fraction of sp³-hybridized carbons (Fsp3) is 0.533. The zero-order chi connectivity index (χ0) is 13.0. The molecule has 1 fully saturated rings. The van der Waals surface area contributed by atoms with E-state index >= 15 is 0 Å². The molecule has 0 saturated heterocycles. The van der Waals surface area contributed by atoms with Gasteiger partial charge in [-0.3, -0.25) is 0 Å². The summed E-state index contributed by atoms with van der Waals surface area (Å²) in [7, 11) is 0. The minimum absolute atomic E-state index is 0.418. The van der Waals surface area contributed by atoms with Gasteiger partial charge in [-0.25, -0.2) is 0 Å². The molecule has 1 aromatic rings. The Kier molecular flexibility index (Phi) is 4.19. The molecule has 1 N–H and O–H groups in total. The molecule has 2 rings (SSSR count). The standard InChI is InChI=1S/C15H20N2S/c1-12-9-14(6-5-13(12)10-16)17-11-15(18-2)7-3-4-8-15/h5-6,9,17H,3-4,7-8,11H2,1-2H3. The van der Waals surface area contributed by atoms with Crippen LogP contribution in [0.25, 0.3) is 0 Å². The summed E-state index contributed by atoms with van der Waals surface area (Å²) in [5, 5.41) is 12.5. The van der Waals surface area contributed by atoms with Crippen molar-refractivity contribution in [1.29, 1.82) is 5.26 Å². The third-order valence-corrected chi connectivity index (χ3v) is 5.33. The largest absolute Gasteiger partial charge is 0.384 e. The third-order valence-electron chi connectivity index (χ3n) is 3.91. The number of nitriles is 1. The summed E-state index contributed by atoms with van der Waals surface area (Å²) in [4.78, 5) is 0. The highest BCUT2D eigenvalue weighted by Crippen LogP contribution is 2.40. The Labute approximate surface area is 114 Å². The smallest absolute Gasteiger partial charge is 0.0994 e. The number of hydrogen-bond acceptors (Lipinski definition) is 3. The van der Waals surface area contributed by atoms with Crippen LogP contribution in [0.5, 0.6) is 0 Å². The van der Waals surface area contributed by atoms with E-state index in [1.165, 1.54) is 25.7 Å². The molecule has 0 aliphatic heterocycles. The predicted octanol–water partition coefficient (Wildman–Crippen LogP) is 3.95. The summed E-state index contributed by atoms with van der Waals surface area (Å²) in [5.74, 6) is 0. The lowest BCUT2D eigenvalue weighted by Gasteiger charge is -2.27. The Balaban J connectivity index is 2.02. The average Bonchev–Trinajstić information content (AvgIpc) is 2.86. The first-order valence-electron chi connectivity index (χ1n) is 6.49. The topological polar surface area (TPSA) is 35.8 Å². The first-order valence-corrected chi connectivity index (χ1v) is 7.71. The van der Waals surface area contributed by atoms with Crippen LogP contribution in [0.1, 0.15) is 36.8 Å². The number of rotatable bonds is 4. The van der Waals surface area contributed by atoms with Gasteiger partial charge in [-0.15, -0.1) is 0 Å². The highest BCUT2D eigenvalue weighted by atomic mass is 32.2. The molecule has 0 unspecified atom stereocenters. The molecule has 1 aliphatic carbocycles. The van der Waals surface area contributed by atoms with E-state index in [9.17, 15) is 0 Å². The van der Waals surface area contributed by atoms with Crippen molar-refractivity contribution < 1.29 is 0 Å². The Bertz CT molecular complexity index is 456. The summed E-state index contributed by atoms with van der Waals surface area (Å²) in [6.45, 7) is 3.02. The van der Waals surface area contributed by atoms with E-state index in [0.29, 0.717) is 4.75 Å². The summed E-state index contributed by atoms with van der Waals surface area (Å²) in [5.41, 5.74) is 2.94. The van der Waals surface area contributed by atoms with Crippen LogP contribution in [0.3, 0.4) is 0 Å². The minimum atomic E-state index is 0.418. The number of nitrogens with zero attached hydrogens (tertiary/aromatic N) is 1. The number of aryl methyl sites for hydroxylation is 1. The number of thioether (sulfide) groups is 1. The maximum atomic E-state index is 8.92. The number of nitrogens with one attached hydrogen (secondary N) is 1. The second-order valence-corrected chi connectivity index (χ2v) is 6.36.